The van der Waals surface area contributed by atoms with Crippen LogP contribution in [0.5, 0.6) is 5.75 Å². The van der Waals surface area contributed by atoms with Crippen LogP contribution in [0.1, 0.15) is 26.2 Å². The summed E-state index contributed by atoms with van der Waals surface area (Å²) in [7, 11) is 0. The summed E-state index contributed by atoms with van der Waals surface area (Å²) in [5.74, 6) is -1.09. The van der Waals surface area contributed by atoms with Crippen LogP contribution in [-0.4, -0.2) is 18.5 Å². The van der Waals surface area contributed by atoms with Crippen molar-refractivity contribution in [1.82, 2.24) is 0 Å². The molecule has 0 aliphatic carbocycles. The van der Waals surface area contributed by atoms with Gasteiger partial charge in [-0.15, -0.1) is 0 Å². The Morgan fingerprint density at radius 3 is 2.30 bits per heavy atom. The van der Waals surface area contributed by atoms with Crippen molar-refractivity contribution >= 4 is 46.7 Å². The van der Waals surface area contributed by atoms with Crippen molar-refractivity contribution in [3.8, 4) is 5.75 Å². The van der Waals surface area contributed by atoms with Crippen LogP contribution in [0.4, 0.5) is 0 Å². The lowest BCUT2D eigenvalue weighted by Crippen LogP contribution is -2.13. The van der Waals surface area contributed by atoms with Gasteiger partial charge in [-0.2, -0.15) is 0 Å². The van der Waals surface area contributed by atoms with Gasteiger partial charge in [0.15, 0.2) is 5.75 Å². The van der Waals surface area contributed by atoms with Crippen molar-refractivity contribution in [2.45, 2.75) is 26.2 Å². The van der Waals surface area contributed by atoms with E-state index in [0.717, 1.165) is 6.42 Å². The van der Waals surface area contributed by atoms with Crippen molar-refractivity contribution in [3.05, 3.63) is 27.2 Å². The van der Waals surface area contributed by atoms with Crippen LogP contribution in [0.25, 0.3) is 0 Å². The third-order valence-corrected chi connectivity index (χ3v) is 3.30. The van der Waals surface area contributed by atoms with Crippen LogP contribution in [0, 0.1) is 0 Å². The number of benzene rings is 1. The summed E-state index contributed by atoms with van der Waals surface area (Å²) < 4.78 is 9.86. The zero-order chi connectivity index (χ0) is 15.1. The third kappa shape index (κ3) is 5.19. The first kappa shape index (κ1) is 17.1. The Balaban J connectivity index is 2.55. The molecule has 0 fully saturated rings. The predicted octanol–water partition coefficient (Wildman–Crippen LogP) is 4.29. The Hall–Kier alpha value is -0.970. The largest absolute Gasteiger partial charge is 0.466 e. The van der Waals surface area contributed by atoms with E-state index in [1.165, 1.54) is 12.1 Å². The fourth-order valence-corrected chi connectivity index (χ4v) is 1.86. The number of carbonyl (C=O) groups is 2. The molecule has 0 bridgehead atoms. The summed E-state index contributed by atoms with van der Waals surface area (Å²) >= 11 is 17.6. The van der Waals surface area contributed by atoms with Crippen molar-refractivity contribution < 1.29 is 19.1 Å². The molecule has 0 radical (unpaired) electrons. The average Bonchev–Trinajstić information content (AvgIpc) is 2.43. The quantitative estimate of drug-likeness (QED) is 0.441. The monoisotopic (exact) mass is 338 g/mol. The van der Waals surface area contributed by atoms with E-state index < -0.39 is 11.9 Å². The third-order valence-electron chi connectivity index (χ3n) is 2.22. The van der Waals surface area contributed by atoms with Crippen LogP contribution < -0.4 is 4.74 Å². The highest BCUT2D eigenvalue weighted by Gasteiger charge is 2.16. The molecule has 110 valence electrons. The van der Waals surface area contributed by atoms with Gasteiger partial charge in [-0.05, 0) is 18.6 Å². The van der Waals surface area contributed by atoms with Gasteiger partial charge >= 0.3 is 11.9 Å². The van der Waals surface area contributed by atoms with Crippen LogP contribution >= 0.6 is 34.8 Å². The number of hydrogen-bond acceptors (Lipinski definition) is 4. The summed E-state index contributed by atoms with van der Waals surface area (Å²) in [6.07, 6.45) is 0.542. The molecule has 1 aromatic carbocycles. The second-order valence-corrected chi connectivity index (χ2v) is 5.06. The highest BCUT2D eigenvalue weighted by Crippen LogP contribution is 2.38. The molecule has 0 aliphatic rings. The van der Waals surface area contributed by atoms with Gasteiger partial charge in [0.05, 0.1) is 29.5 Å². The maximum Gasteiger partial charge on any atom is 0.311 e. The smallest absolute Gasteiger partial charge is 0.311 e. The molecule has 0 saturated carbocycles. The van der Waals surface area contributed by atoms with Gasteiger partial charge in [0.1, 0.15) is 5.02 Å². The maximum absolute atomic E-state index is 11.6. The molecular formula is C13H13Cl3O4. The SMILES string of the molecule is CCCOC(=O)CCC(=O)Oc1c(Cl)ccc(Cl)c1Cl. The first-order valence-electron chi connectivity index (χ1n) is 5.95. The highest BCUT2D eigenvalue weighted by molar-refractivity contribution is 6.44. The van der Waals surface area contributed by atoms with Gasteiger partial charge in [0.2, 0.25) is 0 Å². The lowest BCUT2D eigenvalue weighted by molar-refractivity contribution is -0.146. The Morgan fingerprint density at radius 1 is 1.05 bits per heavy atom. The molecule has 0 aromatic heterocycles. The summed E-state index contributed by atoms with van der Waals surface area (Å²) in [5.41, 5.74) is 0. The molecular weight excluding hydrogens is 326 g/mol. The number of esters is 2. The van der Waals surface area contributed by atoms with Gasteiger partial charge in [-0.3, -0.25) is 9.59 Å². The molecule has 0 aliphatic heterocycles. The molecule has 0 spiro atoms. The molecule has 4 nitrogen and oxygen atoms in total. The molecule has 1 aromatic rings. The van der Waals surface area contributed by atoms with Gasteiger partial charge in [0.25, 0.3) is 0 Å². The van der Waals surface area contributed by atoms with E-state index in [4.69, 9.17) is 44.3 Å². The van der Waals surface area contributed by atoms with Crippen molar-refractivity contribution in [2.24, 2.45) is 0 Å². The van der Waals surface area contributed by atoms with E-state index in [1.54, 1.807) is 0 Å². The van der Waals surface area contributed by atoms with Gasteiger partial charge in [-0.1, -0.05) is 41.7 Å². The first-order chi connectivity index (χ1) is 9.45. The lowest BCUT2D eigenvalue weighted by atomic mass is 10.3. The van der Waals surface area contributed by atoms with Crippen LogP contribution in [0.3, 0.4) is 0 Å². The standard InChI is InChI=1S/C13H13Cl3O4/c1-2-7-19-10(17)5-6-11(18)20-13-9(15)4-3-8(14)12(13)16/h3-4H,2,5-7H2,1H3. The first-order valence-corrected chi connectivity index (χ1v) is 7.09. The summed E-state index contributed by atoms with van der Waals surface area (Å²) in [6.45, 7) is 2.21. The molecule has 0 amide bonds. The van der Waals surface area contributed by atoms with E-state index in [0.29, 0.717) is 6.61 Å². The molecule has 0 unspecified atom stereocenters. The van der Waals surface area contributed by atoms with E-state index in [9.17, 15) is 9.59 Å². The zero-order valence-corrected chi connectivity index (χ0v) is 13.0. The summed E-state index contributed by atoms with van der Waals surface area (Å²) in [6, 6.07) is 2.96. The van der Waals surface area contributed by atoms with Gasteiger partial charge < -0.3 is 9.47 Å². The number of carbonyl (C=O) groups excluding carboxylic acids is 2. The number of rotatable bonds is 6. The second kappa shape index (κ2) is 8.35. The molecule has 20 heavy (non-hydrogen) atoms. The van der Waals surface area contributed by atoms with E-state index in [-0.39, 0.29) is 33.7 Å². The Labute approximate surface area is 131 Å². The minimum atomic E-state index is -0.635. The highest BCUT2D eigenvalue weighted by atomic mass is 35.5. The van der Waals surface area contributed by atoms with Gasteiger partial charge in [0, 0.05) is 0 Å². The van der Waals surface area contributed by atoms with Crippen molar-refractivity contribution in [3.63, 3.8) is 0 Å². The van der Waals surface area contributed by atoms with Crippen molar-refractivity contribution in [2.75, 3.05) is 6.61 Å². The fourth-order valence-electron chi connectivity index (χ4n) is 1.26. The second-order valence-electron chi connectivity index (χ2n) is 3.87. The number of hydrogen-bond donors (Lipinski definition) is 0. The molecule has 0 N–H and O–H groups in total. The lowest BCUT2D eigenvalue weighted by Gasteiger charge is -2.09. The van der Waals surface area contributed by atoms with Gasteiger partial charge in [-0.25, -0.2) is 0 Å². The predicted molar refractivity (Wildman–Crippen MR) is 77.6 cm³/mol. The molecule has 0 heterocycles. The van der Waals surface area contributed by atoms with E-state index in [2.05, 4.69) is 0 Å². The minimum Gasteiger partial charge on any atom is -0.466 e. The van der Waals surface area contributed by atoms with Crippen LogP contribution in [0.15, 0.2) is 12.1 Å². The minimum absolute atomic E-state index is 0.00670. The fraction of sp³-hybridized carbons (Fsp3) is 0.385. The molecule has 7 heteroatoms. The van der Waals surface area contributed by atoms with Crippen LogP contribution in [0.2, 0.25) is 15.1 Å². The summed E-state index contributed by atoms with van der Waals surface area (Å²) in [5, 5.41) is 0.448. The normalized spacial score (nSPS) is 10.2. The number of halogens is 3. The maximum atomic E-state index is 11.6. The van der Waals surface area contributed by atoms with E-state index in [1.807, 2.05) is 6.92 Å². The Kier molecular flexibility index (Phi) is 7.13. The molecule has 0 saturated heterocycles. The Morgan fingerprint density at radius 2 is 1.65 bits per heavy atom. The Bertz CT molecular complexity index is 503. The topological polar surface area (TPSA) is 52.6 Å². The molecule has 1 rings (SSSR count). The van der Waals surface area contributed by atoms with Crippen LogP contribution in [-0.2, 0) is 14.3 Å². The van der Waals surface area contributed by atoms with Crippen molar-refractivity contribution in [1.29, 1.82) is 0 Å². The number of ether oxygens (including phenoxy) is 2. The zero-order valence-electron chi connectivity index (χ0n) is 10.8. The molecule has 0 atom stereocenters. The van der Waals surface area contributed by atoms with E-state index >= 15 is 0 Å². The average molecular weight is 340 g/mol. The summed E-state index contributed by atoms with van der Waals surface area (Å²) in [4.78, 5) is 22.9.